The van der Waals surface area contributed by atoms with E-state index in [0.717, 1.165) is 10.3 Å². The number of carbonyl (C=O) groups excluding carboxylic acids is 1. The van der Waals surface area contributed by atoms with Gasteiger partial charge in [-0.3, -0.25) is 0 Å². The second kappa shape index (κ2) is 6.24. The summed E-state index contributed by atoms with van der Waals surface area (Å²) in [7, 11) is 1.36. The number of esters is 1. The van der Waals surface area contributed by atoms with Crippen molar-refractivity contribution in [1.82, 2.24) is 0 Å². The van der Waals surface area contributed by atoms with E-state index in [1.807, 2.05) is 12.1 Å². The molecule has 1 aromatic heterocycles. The third-order valence-electron chi connectivity index (χ3n) is 2.52. The summed E-state index contributed by atoms with van der Waals surface area (Å²) in [5, 5.41) is 12.1. The van der Waals surface area contributed by atoms with Crippen LogP contribution in [0, 0.1) is 5.21 Å². The second-order valence-electron chi connectivity index (χ2n) is 3.85. The molecule has 1 aromatic carbocycles. The van der Waals surface area contributed by atoms with E-state index < -0.39 is 0 Å². The van der Waals surface area contributed by atoms with E-state index in [0.29, 0.717) is 16.3 Å². The molecule has 0 fully saturated rings. The normalized spacial score (nSPS) is 10.2. The molecule has 19 heavy (non-hydrogen) atoms. The van der Waals surface area contributed by atoms with Crippen LogP contribution in [-0.4, -0.2) is 13.1 Å². The zero-order chi connectivity index (χ0) is 13.7. The van der Waals surface area contributed by atoms with Crippen molar-refractivity contribution in [2.75, 3.05) is 7.11 Å². The molecule has 0 aliphatic heterocycles. The fraction of sp³-hybridized carbons (Fsp3) is 0.143. The van der Waals surface area contributed by atoms with Crippen molar-refractivity contribution in [3.63, 3.8) is 0 Å². The molecule has 0 saturated heterocycles. The molecule has 0 spiro atoms. The summed E-state index contributed by atoms with van der Waals surface area (Å²) in [6.07, 6.45) is 1.47. The smallest absolute Gasteiger partial charge is 0.337 e. The van der Waals surface area contributed by atoms with Gasteiger partial charge >= 0.3 is 5.97 Å². The number of benzene rings is 1. The van der Waals surface area contributed by atoms with E-state index in [1.54, 1.807) is 30.3 Å². The third-order valence-corrected chi connectivity index (χ3v) is 3.61. The summed E-state index contributed by atoms with van der Waals surface area (Å²) in [5.74, 6) is 0.266. The van der Waals surface area contributed by atoms with E-state index in [1.165, 1.54) is 25.1 Å². The Morgan fingerprint density at radius 1 is 1.32 bits per heavy atom. The number of thioether (sulfide) groups is 1. The third kappa shape index (κ3) is 3.48. The molecule has 2 rings (SSSR count). The summed E-state index contributed by atoms with van der Waals surface area (Å²) < 4.78 is 5.50. The highest BCUT2D eigenvalue weighted by molar-refractivity contribution is 7.98. The van der Waals surface area contributed by atoms with Gasteiger partial charge in [0, 0.05) is 17.9 Å². The zero-order valence-electron chi connectivity index (χ0n) is 10.4. The molecule has 0 atom stereocenters. The van der Waals surface area contributed by atoms with Crippen LogP contribution in [0.4, 0.5) is 0 Å². The van der Waals surface area contributed by atoms with Gasteiger partial charge in [0.2, 0.25) is 0 Å². The number of aromatic nitrogens is 1. The molecule has 98 valence electrons. The Balaban J connectivity index is 2.08. The summed E-state index contributed by atoms with van der Waals surface area (Å²) in [6.45, 7) is 0. The first kappa shape index (κ1) is 13.4. The van der Waals surface area contributed by atoms with Gasteiger partial charge in [0.05, 0.1) is 12.7 Å². The Morgan fingerprint density at radius 2 is 2.16 bits per heavy atom. The lowest BCUT2D eigenvalue weighted by atomic mass is 10.1. The number of pyridine rings is 1. The monoisotopic (exact) mass is 275 g/mol. The van der Waals surface area contributed by atoms with Crippen LogP contribution in [0.25, 0.3) is 0 Å². The van der Waals surface area contributed by atoms with Crippen LogP contribution in [0.5, 0.6) is 0 Å². The summed E-state index contributed by atoms with van der Waals surface area (Å²) in [6, 6.07) is 12.5. The van der Waals surface area contributed by atoms with Gasteiger partial charge in [-0.15, -0.1) is 0 Å². The minimum atomic E-state index is -0.356. The number of ether oxygens (including phenoxy) is 1. The maximum atomic E-state index is 11.5. The van der Waals surface area contributed by atoms with Gasteiger partial charge < -0.3 is 9.94 Å². The van der Waals surface area contributed by atoms with Crippen molar-refractivity contribution >= 4 is 17.7 Å². The Labute approximate surface area is 115 Å². The molecule has 0 N–H and O–H groups in total. The van der Waals surface area contributed by atoms with Crippen LogP contribution < -0.4 is 4.73 Å². The molecule has 0 saturated carbocycles. The highest BCUT2D eigenvalue weighted by Gasteiger charge is 2.08. The van der Waals surface area contributed by atoms with Gasteiger partial charge in [-0.25, -0.2) is 4.79 Å². The lowest BCUT2D eigenvalue weighted by Gasteiger charge is -2.05. The fourth-order valence-electron chi connectivity index (χ4n) is 1.59. The minimum absolute atomic E-state index is 0.356. The van der Waals surface area contributed by atoms with Gasteiger partial charge in [-0.05, 0) is 23.8 Å². The molecule has 0 bridgehead atoms. The van der Waals surface area contributed by atoms with Crippen molar-refractivity contribution in [2.24, 2.45) is 0 Å². The van der Waals surface area contributed by atoms with Crippen LogP contribution in [0.15, 0.2) is 53.7 Å². The molecule has 0 unspecified atom stereocenters. The average molecular weight is 275 g/mol. The number of rotatable bonds is 4. The quantitative estimate of drug-likeness (QED) is 0.372. The van der Waals surface area contributed by atoms with Crippen LogP contribution in [0.1, 0.15) is 15.9 Å². The number of hydrogen-bond donors (Lipinski definition) is 0. The van der Waals surface area contributed by atoms with Gasteiger partial charge in [0.1, 0.15) is 0 Å². The Morgan fingerprint density at radius 3 is 2.89 bits per heavy atom. The van der Waals surface area contributed by atoms with Crippen molar-refractivity contribution in [3.05, 3.63) is 65.0 Å². The predicted molar refractivity (Wildman–Crippen MR) is 72.7 cm³/mol. The fourth-order valence-corrected chi connectivity index (χ4v) is 2.44. The Hall–Kier alpha value is -2.01. The Bertz CT molecular complexity index is 586. The second-order valence-corrected chi connectivity index (χ2v) is 4.84. The largest absolute Gasteiger partial charge is 0.618 e. The van der Waals surface area contributed by atoms with E-state index in [-0.39, 0.29) is 5.97 Å². The lowest BCUT2D eigenvalue weighted by molar-refractivity contribution is -0.645. The molecule has 0 radical (unpaired) electrons. The van der Waals surface area contributed by atoms with E-state index in [2.05, 4.69) is 4.74 Å². The van der Waals surface area contributed by atoms with E-state index >= 15 is 0 Å². The van der Waals surface area contributed by atoms with Crippen molar-refractivity contribution in [2.45, 2.75) is 10.8 Å². The minimum Gasteiger partial charge on any atom is -0.618 e. The van der Waals surface area contributed by atoms with Crippen molar-refractivity contribution in [3.8, 4) is 0 Å². The number of carbonyl (C=O) groups is 1. The maximum absolute atomic E-state index is 11.5. The van der Waals surface area contributed by atoms with Crippen molar-refractivity contribution < 1.29 is 14.3 Å². The van der Waals surface area contributed by atoms with E-state index in [4.69, 9.17) is 0 Å². The highest BCUT2D eigenvalue weighted by atomic mass is 32.2. The van der Waals surface area contributed by atoms with Crippen LogP contribution in [-0.2, 0) is 10.5 Å². The van der Waals surface area contributed by atoms with Crippen LogP contribution in [0.3, 0.4) is 0 Å². The first-order valence-electron chi connectivity index (χ1n) is 5.69. The molecule has 2 aromatic rings. The predicted octanol–water partition coefficient (Wildman–Crippen LogP) is 2.40. The standard InChI is InChI=1S/C14H13NO3S/c1-18-14(16)12-6-4-5-11(9-12)10-19-13-7-2-3-8-15(13)17/h2-9H,10H2,1H3. The SMILES string of the molecule is COC(=O)c1cccc(CSc2cccc[n+]2[O-])c1. The number of nitrogens with zero attached hydrogens (tertiary/aromatic N) is 1. The molecule has 0 aliphatic rings. The number of hydrogen-bond acceptors (Lipinski definition) is 4. The van der Waals surface area contributed by atoms with E-state index in [9.17, 15) is 10.0 Å². The topological polar surface area (TPSA) is 53.2 Å². The molecule has 1 heterocycles. The molecule has 0 amide bonds. The molecule has 4 nitrogen and oxygen atoms in total. The van der Waals surface area contributed by atoms with Gasteiger partial charge in [-0.2, -0.15) is 4.73 Å². The van der Waals surface area contributed by atoms with Crippen LogP contribution in [0.2, 0.25) is 0 Å². The van der Waals surface area contributed by atoms with Crippen molar-refractivity contribution in [1.29, 1.82) is 0 Å². The molecule has 0 aliphatic carbocycles. The summed E-state index contributed by atoms with van der Waals surface area (Å²) in [5.41, 5.74) is 1.49. The number of methoxy groups -OCH3 is 1. The molecular weight excluding hydrogens is 262 g/mol. The van der Waals surface area contributed by atoms with Gasteiger partial charge in [-0.1, -0.05) is 23.9 Å². The average Bonchev–Trinajstić information content (AvgIpc) is 2.46. The summed E-state index contributed by atoms with van der Waals surface area (Å²) >= 11 is 1.43. The lowest BCUT2D eigenvalue weighted by Crippen LogP contribution is -2.27. The first-order chi connectivity index (χ1) is 9.20. The molecule has 5 heteroatoms. The molecular formula is C14H13NO3S. The van der Waals surface area contributed by atoms with Crippen LogP contribution >= 0.6 is 11.8 Å². The highest BCUT2D eigenvalue weighted by Crippen LogP contribution is 2.20. The summed E-state index contributed by atoms with van der Waals surface area (Å²) in [4.78, 5) is 11.4. The Kier molecular flexibility index (Phi) is 4.41. The zero-order valence-corrected chi connectivity index (χ0v) is 11.2. The van der Waals surface area contributed by atoms with Gasteiger partial charge in [0.15, 0.2) is 6.20 Å². The first-order valence-corrected chi connectivity index (χ1v) is 6.67. The maximum Gasteiger partial charge on any atom is 0.337 e. The van der Waals surface area contributed by atoms with Gasteiger partial charge in [0.25, 0.3) is 5.03 Å².